The van der Waals surface area contributed by atoms with Crippen LogP contribution in [0, 0.1) is 5.92 Å². The summed E-state index contributed by atoms with van der Waals surface area (Å²) < 4.78 is 40.6. The summed E-state index contributed by atoms with van der Waals surface area (Å²) in [7, 11) is 0. The summed E-state index contributed by atoms with van der Waals surface area (Å²) in [5.74, 6) is 0.489. The molecule has 2 atom stereocenters. The maximum Gasteiger partial charge on any atom is 0.401 e. The predicted octanol–water partition coefficient (Wildman–Crippen LogP) is 1.15. The lowest BCUT2D eigenvalue weighted by Crippen LogP contribution is -2.40. The van der Waals surface area contributed by atoms with Crippen molar-refractivity contribution in [1.29, 1.82) is 0 Å². The Bertz CT molecular complexity index is 193. The Morgan fingerprint density at radius 2 is 2.12 bits per heavy atom. The molecule has 0 spiro atoms. The highest BCUT2D eigenvalue weighted by Crippen LogP contribution is 2.16. The normalized spacial score (nSPS) is 23.6. The monoisotopic (exact) mass is 240 g/mol. The third-order valence-electron chi connectivity index (χ3n) is 2.77. The van der Waals surface area contributed by atoms with Crippen LogP contribution in [0.2, 0.25) is 0 Å². The van der Waals surface area contributed by atoms with Gasteiger partial charge >= 0.3 is 6.18 Å². The highest BCUT2D eigenvalue weighted by molar-refractivity contribution is 4.75. The molecule has 0 aliphatic carbocycles. The van der Waals surface area contributed by atoms with E-state index in [0.717, 1.165) is 19.6 Å². The molecule has 96 valence electrons. The van der Waals surface area contributed by atoms with E-state index >= 15 is 0 Å². The Balaban J connectivity index is 1.98. The first-order chi connectivity index (χ1) is 7.49. The first-order valence-electron chi connectivity index (χ1n) is 5.57. The highest BCUT2D eigenvalue weighted by Gasteiger charge is 2.26. The van der Waals surface area contributed by atoms with Crippen LogP contribution < -0.4 is 10.6 Å². The van der Waals surface area contributed by atoms with Gasteiger partial charge in [0.05, 0.1) is 13.2 Å². The van der Waals surface area contributed by atoms with Gasteiger partial charge in [0.25, 0.3) is 0 Å². The molecule has 16 heavy (non-hydrogen) atoms. The van der Waals surface area contributed by atoms with Crippen molar-refractivity contribution in [1.82, 2.24) is 10.6 Å². The standard InChI is InChI=1S/C10H19F3N2O/c1-8(9-2-5-16-6-9)15-4-3-14-7-10(11,12)13/h8-9,14-15H,2-7H2,1H3. The number of hydrogen-bond donors (Lipinski definition) is 2. The second-order valence-corrected chi connectivity index (χ2v) is 4.16. The molecular weight excluding hydrogens is 221 g/mol. The van der Waals surface area contributed by atoms with E-state index in [2.05, 4.69) is 10.6 Å². The maximum absolute atomic E-state index is 11.8. The molecule has 6 heteroatoms. The van der Waals surface area contributed by atoms with Crippen LogP contribution in [0.3, 0.4) is 0 Å². The number of alkyl halides is 3. The molecule has 0 amide bonds. The van der Waals surface area contributed by atoms with Crippen LogP contribution in [0.4, 0.5) is 13.2 Å². The SMILES string of the molecule is CC(NCCNCC(F)(F)F)C1CCOC1. The maximum atomic E-state index is 11.8. The molecule has 1 saturated heterocycles. The lowest BCUT2D eigenvalue weighted by atomic mass is 10.0. The molecule has 0 aromatic heterocycles. The minimum atomic E-state index is -4.12. The van der Waals surface area contributed by atoms with Crippen molar-refractivity contribution in [2.45, 2.75) is 25.6 Å². The number of ether oxygens (including phenoxy) is 1. The van der Waals surface area contributed by atoms with E-state index in [1.165, 1.54) is 0 Å². The second-order valence-electron chi connectivity index (χ2n) is 4.16. The van der Waals surface area contributed by atoms with Gasteiger partial charge in [-0.25, -0.2) is 0 Å². The summed E-state index contributed by atoms with van der Waals surface area (Å²) in [5.41, 5.74) is 0. The minimum absolute atomic E-state index is 0.301. The Kier molecular flexibility index (Phi) is 5.51. The lowest BCUT2D eigenvalue weighted by molar-refractivity contribution is -0.124. The van der Waals surface area contributed by atoms with Gasteiger partial charge in [0.15, 0.2) is 0 Å². The average molecular weight is 240 g/mol. The third kappa shape index (κ3) is 5.67. The van der Waals surface area contributed by atoms with Gasteiger partial charge in [-0.15, -0.1) is 0 Å². The third-order valence-corrected chi connectivity index (χ3v) is 2.77. The highest BCUT2D eigenvalue weighted by atomic mass is 19.4. The van der Waals surface area contributed by atoms with Crippen LogP contribution in [-0.2, 0) is 4.74 Å². The Morgan fingerprint density at radius 3 is 2.69 bits per heavy atom. The number of hydrogen-bond acceptors (Lipinski definition) is 3. The van der Waals surface area contributed by atoms with Gasteiger partial charge < -0.3 is 15.4 Å². The zero-order valence-electron chi connectivity index (χ0n) is 9.44. The molecule has 1 rings (SSSR count). The van der Waals surface area contributed by atoms with Crippen molar-refractivity contribution >= 4 is 0 Å². The topological polar surface area (TPSA) is 33.3 Å². The molecular formula is C10H19F3N2O. The summed E-state index contributed by atoms with van der Waals surface area (Å²) >= 11 is 0. The van der Waals surface area contributed by atoms with Crippen LogP contribution >= 0.6 is 0 Å². The molecule has 0 aromatic carbocycles. The van der Waals surface area contributed by atoms with Gasteiger partial charge in [0, 0.05) is 25.7 Å². The van der Waals surface area contributed by atoms with Gasteiger partial charge in [-0.3, -0.25) is 0 Å². The van der Waals surface area contributed by atoms with Crippen LogP contribution in [-0.4, -0.2) is 45.1 Å². The largest absolute Gasteiger partial charge is 0.401 e. The van der Waals surface area contributed by atoms with Crippen molar-refractivity contribution in [2.75, 3.05) is 32.8 Å². The van der Waals surface area contributed by atoms with Crippen LogP contribution in [0.15, 0.2) is 0 Å². The van der Waals surface area contributed by atoms with E-state index in [0.29, 0.717) is 25.0 Å². The van der Waals surface area contributed by atoms with Crippen molar-refractivity contribution in [2.24, 2.45) is 5.92 Å². The smallest absolute Gasteiger partial charge is 0.381 e. The zero-order valence-corrected chi connectivity index (χ0v) is 9.44. The Hall–Kier alpha value is -0.330. The molecule has 2 N–H and O–H groups in total. The summed E-state index contributed by atoms with van der Waals surface area (Å²) in [5, 5.41) is 5.55. The molecule has 1 fully saturated rings. The Labute approximate surface area is 93.7 Å². The molecule has 1 heterocycles. The summed E-state index contributed by atoms with van der Waals surface area (Å²) in [6.45, 7) is 3.55. The molecule has 1 aliphatic rings. The molecule has 1 aliphatic heterocycles. The fourth-order valence-electron chi connectivity index (χ4n) is 1.73. The average Bonchev–Trinajstić information content (AvgIpc) is 2.67. The fourth-order valence-corrected chi connectivity index (χ4v) is 1.73. The van der Waals surface area contributed by atoms with Crippen molar-refractivity contribution in [3.8, 4) is 0 Å². The van der Waals surface area contributed by atoms with E-state index < -0.39 is 12.7 Å². The number of halogens is 3. The van der Waals surface area contributed by atoms with Crippen molar-refractivity contribution < 1.29 is 17.9 Å². The van der Waals surface area contributed by atoms with Gasteiger partial charge in [-0.05, 0) is 19.3 Å². The first-order valence-corrected chi connectivity index (χ1v) is 5.57. The molecule has 0 bridgehead atoms. The van der Waals surface area contributed by atoms with E-state index in [1.54, 1.807) is 0 Å². The minimum Gasteiger partial charge on any atom is -0.381 e. The first kappa shape index (κ1) is 13.7. The van der Waals surface area contributed by atoms with Crippen LogP contribution in [0.1, 0.15) is 13.3 Å². The molecule has 0 radical (unpaired) electrons. The van der Waals surface area contributed by atoms with E-state index in [1.807, 2.05) is 6.92 Å². The molecule has 3 nitrogen and oxygen atoms in total. The predicted molar refractivity (Wildman–Crippen MR) is 55.3 cm³/mol. The van der Waals surface area contributed by atoms with Crippen molar-refractivity contribution in [3.63, 3.8) is 0 Å². The number of rotatable bonds is 6. The van der Waals surface area contributed by atoms with E-state index in [-0.39, 0.29) is 0 Å². The molecule has 2 unspecified atom stereocenters. The van der Waals surface area contributed by atoms with E-state index in [9.17, 15) is 13.2 Å². The summed E-state index contributed by atoms with van der Waals surface area (Å²) in [6.07, 6.45) is -3.09. The van der Waals surface area contributed by atoms with Crippen molar-refractivity contribution in [3.05, 3.63) is 0 Å². The van der Waals surface area contributed by atoms with E-state index in [4.69, 9.17) is 4.74 Å². The Morgan fingerprint density at radius 1 is 1.38 bits per heavy atom. The summed E-state index contributed by atoms with van der Waals surface area (Å²) in [4.78, 5) is 0. The molecule has 0 saturated carbocycles. The fraction of sp³-hybridized carbons (Fsp3) is 1.00. The lowest BCUT2D eigenvalue weighted by Gasteiger charge is -2.19. The second kappa shape index (κ2) is 6.42. The van der Waals surface area contributed by atoms with Crippen LogP contribution in [0.5, 0.6) is 0 Å². The van der Waals surface area contributed by atoms with Crippen LogP contribution in [0.25, 0.3) is 0 Å². The van der Waals surface area contributed by atoms with Gasteiger partial charge in [-0.1, -0.05) is 0 Å². The quantitative estimate of drug-likeness (QED) is 0.683. The van der Waals surface area contributed by atoms with Gasteiger partial charge in [-0.2, -0.15) is 13.2 Å². The van der Waals surface area contributed by atoms with Gasteiger partial charge in [0.2, 0.25) is 0 Å². The van der Waals surface area contributed by atoms with Gasteiger partial charge in [0.1, 0.15) is 0 Å². The zero-order chi connectivity index (χ0) is 12.0. The molecule has 0 aromatic rings. The number of nitrogens with one attached hydrogen (secondary N) is 2. The summed E-state index contributed by atoms with van der Waals surface area (Å²) in [6, 6.07) is 0.301.